The molecule has 4 N–H and O–H groups in total. The number of aromatic nitrogens is 1. The lowest BCUT2D eigenvalue weighted by atomic mass is 9.95. The van der Waals surface area contributed by atoms with Gasteiger partial charge in [0.1, 0.15) is 34.8 Å². The predicted octanol–water partition coefficient (Wildman–Crippen LogP) is 2.41. The highest BCUT2D eigenvalue weighted by Crippen LogP contribution is 2.50. The maximum atomic E-state index is 13.6. The van der Waals surface area contributed by atoms with Gasteiger partial charge in [-0.05, 0) is 62.1 Å². The number of fused-ring (bicyclic) bond motifs is 1. The number of aliphatic carboxylic acids is 1. The summed E-state index contributed by atoms with van der Waals surface area (Å²) in [6, 6.07) is 5.57. The van der Waals surface area contributed by atoms with Gasteiger partial charge in [-0.15, -0.1) is 11.8 Å². The number of phenols is 1. The smallest absolute Gasteiger partial charge is 0.327 e. The molecule has 218 valence electrons. The van der Waals surface area contributed by atoms with Crippen LogP contribution in [-0.2, 0) is 27.3 Å². The van der Waals surface area contributed by atoms with E-state index in [0.29, 0.717) is 22.5 Å². The van der Waals surface area contributed by atoms with Crippen molar-refractivity contribution < 1.29 is 29.4 Å². The van der Waals surface area contributed by atoms with Gasteiger partial charge in [-0.3, -0.25) is 19.2 Å². The van der Waals surface area contributed by atoms with Crippen molar-refractivity contribution in [2.24, 2.45) is 0 Å². The molecule has 2 fully saturated rings. The van der Waals surface area contributed by atoms with Gasteiger partial charge in [0.15, 0.2) is 0 Å². The number of nitrogens with one attached hydrogen (secondary N) is 2. The summed E-state index contributed by atoms with van der Waals surface area (Å²) in [7, 11) is 0. The first-order chi connectivity index (χ1) is 19.9. The van der Waals surface area contributed by atoms with Crippen LogP contribution >= 0.6 is 23.4 Å². The normalized spacial score (nSPS) is 22.7. The fraction of sp³-hybridized carbons (Fsp3) is 0.345. The van der Waals surface area contributed by atoms with Crippen molar-refractivity contribution in [1.82, 2.24) is 20.1 Å². The third-order valence-electron chi connectivity index (χ3n) is 8.04. The van der Waals surface area contributed by atoms with Crippen molar-refractivity contribution in [2.45, 2.75) is 61.5 Å². The van der Waals surface area contributed by atoms with Crippen molar-refractivity contribution in [3.63, 3.8) is 0 Å². The average molecular weight is 611 g/mol. The first-order valence-corrected chi connectivity index (χ1v) is 14.6. The second kappa shape index (κ2) is 10.1. The zero-order valence-electron chi connectivity index (χ0n) is 22.6. The topological polar surface area (TPSA) is 158 Å². The summed E-state index contributed by atoms with van der Waals surface area (Å²) in [5.74, 6) is -3.24. The van der Waals surface area contributed by atoms with Crippen molar-refractivity contribution >= 4 is 58.0 Å². The number of amides is 3. The molecule has 3 aliphatic rings. The molecule has 3 aliphatic heterocycles. The Morgan fingerprint density at radius 2 is 1.86 bits per heavy atom. The molecule has 6 rings (SSSR count). The van der Waals surface area contributed by atoms with Crippen LogP contribution in [0, 0.1) is 0 Å². The van der Waals surface area contributed by atoms with Gasteiger partial charge in [0.2, 0.25) is 17.2 Å². The van der Waals surface area contributed by atoms with Crippen molar-refractivity contribution in [3.05, 3.63) is 74.5 Å². The summed E-state index contributed by atoms with van der Waals surface area (Å²) in [5.41, 5.74) is 1.26. The number of rotatable bonds is 6. The van der Waals surface area contributed by atoms with E-state index in [-0.39, 0.29) is 11.3 Å². The SMILES string of the molecule is CC1(C)SC2C(NC(=O)C(NC(=O)c3cn4c5c(cc(Cl)cc5c3=O)CCC4)c3ccc(O)cc3)C(=O)N2C1C(=O)O. The second-order valence-corrected chi connectivity index (χ2v) is 13.4. The van der Waals surface area contributed by atoms with Crippen LogP contribution in [0.15, 0.2) is 47.4 Å². The second-order valence-electron chi connectivity index (χ2n) is 11.2. The van der Waals surface area contributed by atoms with Crippen LogP contribution in [-0.4, -0.2) is 65.6 Å². The fourth-order valence-corrected chi connectivity index (χ4v) is 7.98. The lowest BCUT2D eigenvalue weighted by molar-refractivity contribution is -0.161. The van der Waals surface area contributed by atoms with Crippen molar-refractivity contribution in [3.8, 4) is 5.75 Å². The lowest BCUT2D eigenvalue weighted by Crippen LogP contribution is -2.71. The molecule has 1 aromatic heterocycles. The molecule has 3 amide bonds. The van der Waals surface area contributed by atoms with Crippen LogP contribution in [0.2, 0.25) is 5.02 Å². The molecule has 0 aliphatic carbocycles. The van der Waals surface area contributed by atoms with E-state index >= 15 is 0 Å². The van der Waals surface area contributed by atoms with Crippen LogP contribution in [0.5, 0.6) is 5.75 Å². The van der Waals surface area contributed by atoms with Gasteiger partial charge in [-0.25, -0.2) is 4.79 Å². The minimum Gasteiger partial charge on any atom is -0.508 e. The molecule has 11 nitrogen and oxygen atoms in total. The standard InChI is InChI=1S/C29H27ClN4O7S/c1-29(2)23(28(40)41)34-26(39)20(27(34)42-29)32-25(38)19(13-5-7-16(35)8-6-13)31-24(37)18-12-33-9-3-4-14-10-15(30)11-17(21(14)33)22(18)36/h5-8,10-12,19-20,23,27,35H,3-4,9H2,1-2H3,(H,31,37)(H,32,38)(H,40,41). The number of pyridine rings is 1. The molecular formula is C29H27ClN4O7S. The van der Waals surface area contributed by atoms with Crippen molar-refractivity contribution in [1.29, 1.82) is 0 Å². The van der Waals surface area contributed by atoms with E-state index < -0.39 is 57.4 Å². The number of hydrogen-bond acceptors (Lipinski definition) is 7. The van der Waals surface area contributed by atoms with Crippen LogP contribution in [0.1, 0.15) is 47.8 Å². The quantitative estimate of drug-likeness (QED) is 0.310. The Labute approximate surface area is 248 Å². The Hall–Kier alpha value is -4.03. The number of thioether (sulfide) groups is 1. The van der Waals surface area contributed by atoms with E-state index in [9.17, 15) is 34.2 Å². The lowest BCUT2D eigenvalue weighted by Gasteiger charge is -2.44. The van der Waals surface area contributed by atoms with Crippen molar-refractivity contribution in [2.75, 3.05) is 0 Å². The first-order valence-electron chi connectivity index (χ1n) is 13.4. The third-order valence-corrected chi connectivity index (χ3v) is 9.83. The number of aryl methyl sites for hydroxylation is 2. The van der Waals surface area contributed by atoms with E-state index in [1.54, 1.807) is 13.8 Å². The molecular weight excluding hydrogens is 584 g/mol. The molecule has 2 saturated heterocycles. The summed E-state index contributed by atoms with van der Waals surface area (Å²) in [6.45, 7) is 4.05. The van der Waals surface area contributed by atoms with E-state index in [2.05, 4.69) is 10.6 Å². The minimum atomic E-state index is -1.33. The summed E-state index contributed by atoms with van der Waals surface area (Å²) < 4.78 is 1.06. The molecule has 4 unspecified atom stereocenters. The molecule has 4 heterocycles. The summed E-state index contributed by atoms with van der Waals surface area (Å²) >= 11 is 7.55. The van der Waals surface area contributed by atoms with Crippen LogP contribution in [0.4, 0.5) is 0 Å². The van der Waals surface area contributed by atoms with E-state index in [4.69, 9.17) is 11.6 Å². The summed E-state index contributed by atoms with van der Waals surface area (Å²) in [6.07, 6.45) is 3.04. The Morgan fingerprint density at radius 3 is 2.55 bits per heavy atom. The Morgan fingerprint density at radius 1 is 1.14 bits per heavy atom. The Bertz CT molecular complexity index is 1740. The van der Waals surface area contributed by atoms with Gasteiger partial charge in [-0.2, -0.15) is 0 Å². The van der Waals surface area contributed by atoms with E-state index in [0.717, 1.165) is 23.9 Å². The average Bonchev–Trinajstić information content (AvgIpc) is 3.20. The first kappa shape index (κ1) is 28.1. The fourth-order valence-electron chi connectivity index (χ4n) is 6.12. The third kappa shape index (κ3) is 4.49. The zero-order chi connectivity index (χ0) is 30.1. The zero-order valence-corrected chi connectivity index (χ0v) is 24.2. The number of carbonyl (C=O) groups is 4. The molecule has 13 heteroatoms. The Kier molecular flexibility index (Phi) is 6.73. The maximum Gasteiger partial charge on any atom is 0.327 e. The number of carbonyl (C=O) groups excluding carboxylic acids is 3. The predicted molar refractivity (Wildman–Crippen MR) is 156 cm³/mol. The largest absolute Gasteiger partial charge is 0.508 e. The summed E-state index contributed by atoms with van der Waals surface area (Å²) in [4.78, 5) is 66.8. The molecule has 3 aromatic rings. The monoisotopic (exact) mass is 610 g/mol. The van der Waals surface area contributed by atoms with Gasteiger partial charge in [0, 0.05) is 27.9 Å². The highest BCUT2D eigenvalue weighted by molar-refractivity contribution is 8.01. The molecule has 2 aromatic carbocycles. The van der Waals surface area contributed by atoms with Gasteiger partial charge < -0.3 is 30.3 Å². The number of aromatic hydroxyl groups is 1. The molecule has 42 heavy (non-hydrogen) atoms. The van der Waals surface area contributed by atoms with Gasteiger partial charge in [-0.1, -0.05) is 23.7 Å². The Balaban J connectivity index is 1.31. The molecule has 0 spiro atoms. The number of β-lactam (4-membered cyclic amide) rings is 1. The van der Waals surface area contributed by atoms with E-state index in [1.165, 1.54) is 53.2 Å². The van der Waals surface area contributed by atoms with Gasteiger partial charge >= 0.3 is 5.97 Å². The maximum absolute atomic E-state index is 13.6. The number of nitrogens with zero attached hydrogens (tertiary/aromatic N) is 2. The van der Waals surface area contributed by atoms with Crippen LogP contribution in [0.25, 0.3) is 10.9 Å². The molecule has 0 radical (unpaired) electrons. The van der Waals surface area contributed by atoms with Crippen LogP contribution in [0.3, 0.4) is 0 Å². The van der Waals surface area contributed by atoms with Gasteiger partial charge in [0.05, 0.1) is 5.52 Å². The van der Waals surface area contributed by atoms with Gasteiger partial charge in [0.25, 0.3) is 5.91 Å². The number of phenolic OH excluding ortho intramolecular Hbond substituents is 1. The summed E-state index contributed by atoms with van der Waals surface area (Å²) in [5, 5.41) is 24.9. The number of hydrogen-bond donors (Lipinski definition) is 4. The highest BCUT2D eigenvalue weighted by atomic mass is 35.5. The van der Waals surface area contributed by atoms with E-state index in [1.807, 2.05) is 10.6 Å². The molecule has 4 atom stereocenters. The number of carboxylic acid groups (broad SMARTS) is 1. The number of carboxylic acids is 1. The molecule has 0 saturated carbocycles. The number of halogens is 1. The number of benzene rings is 2. The minimum absolute atomic E-state index is 0.0575. The van der Waals surface area contributed by atoms with Crippen LogP contribution < -0.4 is 16.1 Å². The highest BCUT2D eigenvalue weighted by Gasteiger charge is 2.64. The molecule has 0 bridgehead atoms.